The number of aliphatic hydroxyl groups is 1. The molecular formula is C18H23NO. The number of aliphatic hydroxyl groups excluding tert-OH is 1. The number of rotatable bonds is 7. The molecule has 0 saturated carbocycles. The molecule has 0 aliphatic rings. The highest BCUT2D eigenvalue weighted by atomic mass is 16.3. The van der Waals surface area contributed by atoms with Crippen molar-refractivity contribution in [2.24, 2.45) is 0 Å². The molecule has 0 amide bonds. The summed E-state index contributed by atoms with van der Waals surface area (Å²) in [5, 5.41) is 13.3. The van der Waals surface area contributed by atoms with Crippen molar-refractivity contribution in [3.8, 4) is 0 Å². The van der Waals surface area contributed by atoms with Gasteiger partial charge in [-0.1, -0.05) is 50.1 Å². The highest BCUT2D eigenvalue weighted by Crippen LogP contribution is 2.17. The van der Waals surface area contributed by atoms with Crippen LogP contribution in [0, 0.1) is 0 Å². The summed E-state index contributed by atoms with van der Waals surface area (Å²) in [4.78, 5) is 0. The summed E-state index contributed by atoms with van der Waals surface area (Å²) in [6.07, 6.45) is 3.64. The van der Waals surface area contributed by atoms with Crippen LogP contribution in [0.1, 0.15) is 31.7 Å². The Morgan fingerprint density at radius 1 is 0.950 bits per heavy atom. The molecule has 106 valence electrons. The van der Waals surface area contributed by atoms with Gasteiger partial charge in [-0.3, -0.25) is 0 Å². The van der Waals surface area contributed by atoms with Crippen molar-refractivity contribution in [2.45, 2.75) is 38.7 Å². The first-order chi connectivity index (χ1) is 9.78. The van der Waals surface area contributed by atoms with Crippen LogP contribution in [-0.4, -0.2) is 11.2 Å². The lowest BCUT2D eigenvalue weighted by molar-refractivity contribution is 0.162. The molecule has 2 aromatic carbocycles. The average molecular weight is 269 g/mol. The van der Waals surface area contributed by atoms with E-state index in [4.69, 9.17) is 0 Å². The topological polar surface area (TPSA) is 32.3 Å². The van der Waals surface area contributed by atoms with Crippen LogP contribution < -0.4 is 5.32 Å². The second-order valence-electron chi connectivity index (χ2n) is 5.19. The third-order valence-corrected chi connectivity index (χ3v) is 3.38. The molecule has 0 aliphatic carbocycles. The normalized spacial score (nSPS) is 12.1. The Labute approximate surface area is 121 Å². The molecule has 0 heterocycles. The minimum atomic E-state index is -0.220. The van der Waals surface area contributed by atoms with Crippen molar-refractivity contribution in [1.82, 2.24) is 0 Å². The fraction of sp³-hybridized carbons (Fsp3) is 0.333. The maximum absolute atomic E-state index is 9.92. The van der Waals surface area contributed by atoms with E-state index in [9.17, 15) is 5.11 Å². The number of nitrogens with one attached hydrogen (secondary N) is 1. The van der Waals surface area contributed by atoms with Gasteiger partial charge in [-0.2, -0.15) is 0 Å². The van der Waals surface area contributed by atoms with E-state index in [0.29, 0.717) is 0 Å². The third-order valence-electron chi connectivity index (χ3n) is 3.38. The Balaban J connectivity index is 1.89. The molecule has 1 atom stereocenters. The second kappa shape index (κ2) is 7.71. The highest BCUT2D eigenvalue weighted by Gasteiger charge is 2.05. The van der Waals surface area contributed by atoms with Crippen LogP contribution in [0.2, 0.25) is 0 Å². The Hall–Kier alpha value is -1.80. The average Bonchev–Trinajstić information content (AvgIpc) is 2.48. The Morgan fingerprint density at radius 2 is 1.60 bits per heavy atom. The van der Waals surface area contributed by atoms with E-state index < -0.39 is 0 Å². The van der Waals surface area contributed by atoms with Crippen LogP contribution in [0.15, 0.2) is 54.6 Å². The van der Waals surface area contributed by atoms with Crippen LogP contribution in [-0.2, 0) is 6.42 Å². The Bertz CT molecular complexity index is 493. The molecule has 0 saturated heterocycles. The van der Waals surface area contributed by atoms with Gasteiger partial charge < -0.3 is 10.4 Å². The largest absolute Gasteiger partial charge is 0.393 e. The number of unbranched alkanes of at least 4 members (excludes halogenated alkanes) is 1. The molecule has 1 unspecified atom stereocenters. The summed E-state index contributed by atoms with van der Waals surface area (Å²) in [7, 11) is 0. The van der Waals surface area contributed by atoms with Crippen molar-refractivity contribution in [2.75, 3.05) is 5.32 Å². The van der Waals surface area contributed by atoms with Gasteiger partial charge in [-0.05, 0) is 42.7 Å². The molecule has 2 nitrogen and oxygen atoms in total. The smallest absolute Gasteiger partial charge is 0.0580 e. The molecule has 2 N–H and O–H groups in total. The maximum Gasteiger partial charge on any atom is 0.0580 e. The fourth-order valence-corrected chi connectivity index (χ4v) is 2.23. The van der Waals surface area contributed by atoms with Gasteiger partial charge in [0.1, 0.15) is 0 Å². The van der Waals surface area contributed by atoms with Gasteiger partial charge in [0, 0.05) is 11.4 Å². The first-order valence-electron chi connectivity index (χ1n) is 7.37. The number of para-hydroxylation sites is 1. The van der Waals surface area contributed by atoms with Crippen LogP contribution in [0.5, 0.6) is 0 Å². The number of benzene rings is 2. The summed E-state index contributed by atoms with van der Waals surface area (Å²) in [6.45, 7) is 2.15. The SMILES string of the molecule is CCCCC(O)Cc1ccc(Nc2ccccc2)cc1. The quantitative estimate of drug-likeness (QED) is 0.774. The molecule has 0 aliphatic heterocycles. The first kappa shape index (κ1) is 14.6. The minimum Gasteiger partial charge on any atom is -0.393 e. The van der Waals surface area contributed by atoms with Crippen LogP contribution in [0.4, 0.5) is 11.4 Å². The Kier molecular flexibility index (Phi) is 5.63. The van der Waals surface area contributed by atoms with Crippen LogP contribution in [0.3, 0.4) is 0 Å². The lowest BCUT2D eigenvalue weighted by atomic mass is 10.0. The molecule has 0 bridgehead atoms. The van der Waals surface area contributed by atoms with Crippen LogP contribution >= 0.6 is 0 Å². The van der Waals surface area contributed by atoms with E-state index in [-0.39, 0.29) is 6.10 Å². The van der Waals surface area contributed by atoms with Crippen molar-refractivity contribution in [1.29, 1.82) is 0 Å². The molecule has 2 rings (SSSR count). The van der Waals surface area contributed by atoms with Gasteiger partial charge in [0.15, 0.2) is 0 Å². The zero-order valence-corrected chi connectivity index (χ0v) is 12.0. The van der Waals surface area contributed by atoms with Gasteiger partial charge in [-0.25, -0.2) is 0 Å². The van der Waals surface area contributed by atoms with Gasteiger partial charge in [0.25, 0.3) is 0 Å². The van der Waals surface area contributed by atoms with Crippen molar-refractivity contribution in [3.63, 3.8) is 0 Å². The van der Waals surface area contributed by atoms with Crippen LogP contribution in [0.25, 0.3) is 0 Å². The third kappa shape index (κ3) is 4.71. The lowest BCUT2D eigenvalue weighted by Gasteiger charge is -2.11. The highest BCUT2D eigenvalue weighted by molar-refractivity contribution is 5.59. The van der Waals surface area contributed by atoms with E-state index in [0.717, 1.165) is 37.1 Å². The molecule has 0 fully saturated rings. The molecule has 20 heavy (non-hydrogen) atoms. The fourth-order valence-electron chi connectivity index (χ4n) is 2.23. The van der Waals surface area contributed by atoms with E-state index in [1.807, 2.05) is 30.3 Å². The zero-order chi connectivity index (χ0) is 14.2. The maximum atomic E-state index is 9.92. The van der Waals surface area contributed by atoms with E-state index >= 15 is 0 Å². The van der Waals surface area contributed by atoms with E-state index in [1.165, 1.54) is 5.56 Å². The van der Waals surface area contributed by atoms with Gasteiger partial charge in [0.2, 0.25) is 0 Å². The number of hydrogen-bond acceptors (Lipinski definition) is 2. The summed E-state index contributed by atoms with van der Waals surface area (Å²) in [5.41, 5.74) is 3.35. The summed E-state index contributed by atoms with van der Waals surface area (Å²) < 4.78 is 0. The molecule has 2 heteroatoms. The predicted molar refractivity (Wildman–Crippen MR) is 85.4 cm³/mol. The summed E-state index contributed by atoms with van der Waals surface area (Å²) in [6, 6.07) is 18.4. The molecule has 0 spiro atoms. The van der Waals surface area contributed by atoms with Gasteiger partial charge >= 0.3 is 0 Å². The molecule has 2 aromatic rings. The van der Waals surface area contributed by atoms with E-state index in [2.05, 4.69) is 36.5 Å². The van der Waals surface area contributed by atoms with Crippen molar-refractivity contribution in [3.05, 3.63) is 60.2 Å². The molecule has 0 radical (unpaired) electrons. The monoisotopic (exact) mass is 269 g/mol. The second-order valence-corrected chi connectivity index (χ2v) is 5.19. The number of anilines is 2. The van der Waals surface area contributed by atoms with Crippen molar-refractivity contribution < 1.29 is 5.11 Å². The summed E-state index contributed by atoms with van der Waals surface area (Å²) in [5.74, 6) is 0. The van der Waals surface area contributed by atoms with E-state index in [1.54, 1.807) is 0 Å². The zero-order valence-electron chi connectivity index (χ0n) is 12.0. The predicted octanol–water partition coefficient (Wildman–Crippen LogP) is 4.52. The summed E-state index contributed by atoms with van der Waals surface area (Å²) >= 11 is 0. The van der Waals surface area contributed by atoms with Gasteiger partial charge in [-0.15, -0.1) is 0 Å². The standard InChI is InChI=1S/C18H23NO/c1-2-3-9-18(20)14-15-10-12-17(13-11-15)19-16-7-5-4-6-8-16/h4-8,10-13,18-20H,2-3,9,14H2,1H3. The lowest BCUT2D eigenvalue weighted by Crippen LogP contribution is -2.09. The minimum absolute atomic E-state index is 0.220. The molecular weight excluding hydrogens is 246 g/mol. The van der Waals surface area contributed by atoms with Gasteiger partial charge in [0.05, 0.1) is 6.10 Å². The Morgan fingerprint density at radius 3 is 2.25 bits per heavy atom. The number of hydrogen-bond donors (Lipinski definition) is 2. The van der Waals surface area contributed by atoms with Crippen molar-refractivity contribution >= 4 is 11.4 Å². The molecule has 0 aromatic heterocycles. The first-order valence-corrected chi connectivity index (χ1v) is 7.37.